The Bertz CT molecular complexity index is 820. The minimum Gasteiger partial charge on any atom is -0.235 e. The van der Waals surface area contributed by atoms with Crippen LogP contribution in [0.5, 0.6) is 0 Å². The van der Waals surface area contributed by atoms with Crippen LogP contribution in [0.15, 0.2) is 47.2 Å². The molecule has 0 N–H and O–H groups in total. The molecule has 0 aliphatic heterocycles. The van der Waals surface area contributed by atoms with Crippen LogP contribution in [-0.2, 0) is 0 Å². The highest BCUT2D eigenvalue weighted by Gasteiger charge is 2.09. The zero-order valence-corrected chi connectivity index (χ0v) is 13.0. The van der Waals surface area contributed by atoms with Crippen LogP contribution < -0.4 is 0 Å². The summed E-state index contributed by atoms with van der Waals surface area (Å²) in [6.45, 7) is 2.05. The monoisotopic (exact) mass is 308 g/mol. The van der Waals surface area contributed by atoms with Crippen LogP contribution in [0.25, 0.3) is 22.9 Å². The van der Waals surface area contributed by atoms with E-state index in [9.17, 15) is 5.26 Å². The van der Waals surface area contributed by atoms with E-state index in [0.29, 0.717) is 5.57 Å². The van der Waals surface area contributed by atoms with Gasteiger partial charge in [0.05, 0.1) is 11.3 Å². The zero-order chi connectivity index (χ0) is 14.7. The molecule has 3 aromatic rings. The molecule has 0 aliphatic carbocycles. The molecule has 0 saturated heterocycles. The van der Waals surface area contributed by atoms with E-state index in [-0.39, 0.29) is 0 Å². The van der Waals surface area contributed by atoms with E-state index >= 15 is 0 Å². The second-order valence-corrected chi connectivity index (χ2v) is 6.35. The van der Waals surface area contributed by atoms with Crippen LogP contribution in [0, 0.1) is 18.3 Å². The predicted molar refractivity (Wildman–Crippen MR) is 90.1 cm³/mol. The number of allylic oxidation sites excluding steroid dienone is 1. The van der Waals surface area contributed by atoms with Gasteiger partial charge in [-0.05, 0) is 30.0 Å². The maximum Gasteiger partial charge on any atom is 0.134 e. The highest BCUT2D eigenvalue weighted by Crippen LogP contribution is 2.28. The Balaban J connectivity index is 1.97. The molecule has 0 fully saturated rings. The molecule has 3 rings (SSSR count). The first-order chi connectivity index (χ1) is 10.3. The Hall–Kier alpha value is -2.22. The van der Waals surface area contributed by atoms with E-state index in [1.165, 1.54) is 16.9 Å². The first-order valence-electron chi connectivity index (χ1n) is 6.45. The molecule has 0 unspecified atom stereocenters. The Morgan fingerprint density at radius 3 is 2.67 bits per heavy atom. The number of thiazole rings is 1. The molecule has 2 heterocycles. The normalized spacial score (nSPS) is 11.3. The Morgan fingerprint density at radius 1 is 1.19 bits per heavy atom. The molecule has 21 heavy (non-hydrogen) atoms. The van der Waals surface area contributed by atoms with E-state index in [2.05, 4.69) is 24.0 Å². The molecular formula is C17H12N2S2. The average Bonchev–Trinajstić information content (AvgIpc) is 3.15. The van der Waals surface area contributed by atoms with Crippen molar-refractivity contribution in [1.82, 2.24) is 4.98 Å². The lowest BCUT2D eigenvalue weighted by Gasteiger charge is -1.95. The lowest BCUT2D eigenvalue weighted by Crippen LogP contribution is -1.82. The number of rotatable bonds is 3. The maximum atomic E-state index is 9.40. The molecular weight excluding hydrogens is 296 g/mol. The molecule has 1 aromatic carbocycles. The summed E-state index contributed by atoms with van der Waals surface area (Å²) < 4.78 is 0. The second kappa shape index (κ2) is 6.04. The van der Waals surface area contributed by atoms with Gasteiger partial charge in [0.1, 0.15) is 11.1 Å². The summed E-state index contributed by atoms with van der Waals surface area (Å²) in [7, 11) is 0. The largest absolute Gasteiger partial charge is 0.235 e. The summed E-state index contributed by atoms with van der Waals surface area (Å²) in [5, 5.41) is 14.2. The van der Waals surface area contributed by atoms with Crippen molar-refractivity contribution >= 4 is 34.3 Å². The molecule has 0 radical (unpaired) electrons. The Labute approximate surface area is 131 Å². The molecule has 0 bridgehead atoms. The lowest BCUT2D eigenvalue weighted by molar-refractivity contribution is 1.37. The molecule has 0 atom stereocenters. The molecule has 102 valence electrons. The third-order valence-corrected chi connectivity index (χ3v) is 4.94. The van der Waals surface area contributed by atoms with Gasteiger partial charge in [0.15, 0.2) is 0 Å². The third-order valence-electron chi connectivity index (χ3n) is 3.10. The van der Waals surface area contributed by atoms with Gasteiger partial charge in [-0.25, -0.2) is 4.98 Å². The highest BCUT2D eigenvalue weighted by atomic mass is 32.1. The van der Waals surface area contributed by atoms with Gasteiger partial charge in [0.2, 0.25) is 0 Å². The van der Waals surface area contributed by atoms with Gasteiger partial charge in [0.25, 0.3) is 0 Å². The van der Waals surface area contributed by atoms with Gasteiger partial charge >= 0.3 is 0 Å². The van der Waals surface area contributed by atoms with Crippen molar-refractivity contribution < 1.29 is 0 Å². The average molecular weight is 308 g/mol. The fourth-order valence-corrected chi connectivity index (χ4v) is 3.60. The number of nitrogens with zero attached hydrogens (tertiary/aromatic N) is 2. The van der Waals surface area contributed by atoms with E-state index < -0.39 is 0 Å². The predicted octanol–water partition coefficient (Wildman–Crippen LogP) is 5.24. The molecule has 0 aliphatic rings. The number of nitriles is 1. The number of hydrogen-bond donors (Lipinski definition) is 0. The summed E-state index contributed by atoms with van der Waals surface area (Å²) in [6.07, 6.45) is 1.92. The van der Waals surface area contributed by atoms with Gasteiger partial charge in [-0.3, -0.25) is 0 Å². The molecule has 0 amide bonds. The zero-order valence-electron chi connectivity index (χ0n) is 11.4. The standard InChI is InChI=1S/C17H12N2S2/c1-12-7-8-20-16(12)9-14(10-18)17-19-15(11-21-17)13-5-3-2-4-6-13/h2-9,11H,1H3/b14-9+. The highest BCUT2D eigenvalue weighted by molar-refractivity contribution is 7.12. The van der Waals surface area contributed by atoms with Crippen LogP contribution in [0.1, 0.15) is 15.4 Å². The first kappa shape index (κ1) is 13.7. The number of thiophene rings is 1. The summed E-state index contributed by atoms with van der Waals surface area (Å²) in [5.74, 6) is 0. The minimum absolute atomic E-state index is 0.618. The fourth-order valence-electron chi connectivity index (χ4n) is 1.94. The van der Waals surface area contributed by atoms with Gasteiger partial charge in [0, 0.05) is 15.8 Å². The number of benzene rings is 1. The molecule has 0 saturated carbocycles. The van der Waals surface area contributed by atoms with Crippen molar-refractivity contribution in [2.45, 2.75) is 6.92 Å². The quantitative estimate of drug-likeness (QED) is 0.620. The maximum absolute atomic E-state index is 9.40. The Morgan fingerprint density at radius 2 is 2.00 bits per heavy atom. The van der Waals surface area contributed by atoms with E-state index in [1.54, 1.807) is 11.3 Å². The summed E-state index contributed by atoms with van der Waals surface area (Å²) >= 11 is 3.15. The van der Waals surface area contributed by atoms with Crippen molar-refractivity contribution in [2.75, 3.05) is 0 Å². The molecule has 2 nitrogen and oxygen atoms in total. The van der Waals surface area contributed by atoms with E-state index in [0.717, 1.165) is 21.1 Å². The van der Waals surface area contributed by atoms with Crippen LogP contribution >= 0.6 is 22.7 Å². The number of aryl methyl sites for hydroxylation is 1. The smallest absolute Gasteiger partial charge is 0.134 e. The topological polar surface area (TPSA) is 36.7 Å². The summed E-state index contributed by atoms with van der Waals surface area (Å²) in [6, 6.07) is 14.3. The first-order valence-corrected chi connectivity index (χ1v) is 8.21. The molecule has 2 aromatic heterocycles. The Kier molecular flexibility index (Phi) is 3.96. The van der Waals surface area contributed by atoms with Crippen LogP contribution in [-0.4, -0.2) is 4.98 Å². The minimum atomic E-state index is 0.618. The van der Waals surface area contributed by atoms with Gasteiger partial charge in [-0.15, -0.1) is 22.7 Å². The fraction of sp³-hybridized carbons (Fsp3) is 0.0588. The van der Waals surface area contributed by atoms with Crippen molar-refractivity contribution in [2.24, 2.45) is 0 Å². The van der Waals surface area contributed by atoms with Crippen LogP contribution in [0.2, 0.25) is 0 Å². The van der Waals surface area contributed by atoms with Gasteiger partial charge < -0.3 is 0 Å². The van der Waals surface area contributed by atoms with Crippen LogP contribution in [0.3, 0.4) is 0 Å². The number of hydrogen-bond acceptors (Lipinski definition) is 4. The van der Waals surface area contributed by atoms with Crippen molar-refractivity contribution in [3.8, 4) is 17.3 Å². The molecule has 0 spiro atoms. The third kappa shape index (κ3) is 2.94. The molecule has 4 heteroatoms. The van der Waals surface area contributed by atoms with Gasteiger partial charge in [-0.2, -0.15) is 5.26 Å². The van der Waals surface area contributed by atoms with Crippen molar-refractivity contribution in [1.29, 1.82) is 5.26 Å². The lowest BCUT2D eigenvalue weighted by atomic mass is 10.2. The SMILES string of the molecule is Cc1ccsc1/C=C(\C#N)c1nc(-c2ccccc2)cs1. The van der Waals surface area contributed by atoms with Gasteiger partial charge in [-0.1, -0.05) is 30.3 Å². The van der Waals surface area contributed by atoms with Crippen LogP contribution in [0.4, 0.5) is 0 Å². The number of aromatic nitrogens is 1. The van der Waals surface area contributed by atoms with E-state index in [1.807, 2.05) is 47.2 Å². The summed E-state index contributed by atoms with van der Waals surface area (Å²) in [4.78, 5) is 5.71. The van der Waals surface area contributed by atoms with Crippen molar-refractivity contribution in [3.63, 3.8) is 0 Å². The van der Waals surface area contributed by atoms with E-state index in [4.69, 9.17) is 0 Å². The summed E-state index contributed by atoms with van der Waals surface area (Å²) in [5.41, 5.74) is 3.80. The second-order valence-electron chi connectivity index (χ2n) is 4.54. The van der Waals surface area contributed by atoms with Crippen molar-refractivity contribution in [3.05, 3.63) is 62.6 Å².